The lowest BCUT2D eigenvalue weighted by Gasteiger charge is -2.43. The number of amides is 2. The number of aromatic nitrogens is 1. The first-order chi connectivity index (χ1) is 16.1. The minimum absolute atomic E-state index is 0.0174. The number of rotatable bonds is 7. The van der Waals surface area contributed by atoms with Crippen LogP contribution in [0.25, 0.3) is 11.1 Å². The van der Waals surface area contributed by atoms with Crippen molar-refractivity contribution in [1.82, 2.24) is 15.2 Å². The summed E-state index contributed by atoms with van der Waals surface area (Å²) >= 11 is 0. The fourth-order valence-electron chi connectivity index (χ4n) is 5.01. The third kappa shape index (κ3) is 5.50. The van der Waals surface area contributed by atoms with Gasteiger partial charge in [0.25, 0.3) is 5.91 Å². The zero-order valence-corrected chi connectivity index (χ0v) is 19.2. The average molecular weight is 448 g/mol. The summed E-state index contributed by atoms with van der Waals surface area (Å²) in [6.45, 7) is 5.86. The number of hydrogen-bond acceptors (Lipinski definition) is 4. The van der Waals surface area contributed by atoms with Crippen molar-refractivity contribution in [2.24, 2.45) is 5.41 Å². The first-order valence-electron chi connectivity index (χ1n) is 11.9. The molecule has 0 saturated carbocycles. The van der Waals surface area contributed by atoms with Gasteiger partial charge in [-0.2, -0.15) is 0 Å². The maximum atomic E-state index is 13.4. The number of piperidine rings is 1. The lowest BCUT2D eigenvalue weighted by molar-refractivity contribution is -0.152. The fourth-order valence-corrected chi connectivity index (χ4v) is 5.01. The summed E-state index contributed by atoms with van der Waals surface area (Å²) in [6, 6.07) is 12.2. The van der Waals surface area contributed by atoms with Crippen LogP contribution in [0.2, 0.25) is 0 Å². The first-order valence-corrected chi connectivity index (χ1v) is 11.9. The molecule has 2 aromatic rings. The van der Waals surface area contributed by atoms with Crippen LogP contribution in [-0.2, 0) is 20.7 Å². The molecule has 3 heterocycles. The molecular formula is C27H33N3O3. The molecule has 6 nitrogen and oxygen atoms in total. The van der Waals surface area contributed by atoms with E-state index >= 15 is 0 Å². The van der Waals surface area contributed by atoms with Crippen molar-refractivity contribution in [2.45, 2.75) is 44.6 Å². The van der Waals surface area contributed by atoms with Crippen molar-refractivity contribution >= 4 is 11.8 Å². The molecule has 2 unspecified atom stereocenters. The van der Waals surface area contributed by atoms with Crippen LogP contribution in [-0.4, -0.2) is 54.0 Å². The van der Waals surface area contributed by atoms with Crippen molar-refractivity contribution in [1.29, 1.82) is 0 Å². The van der Waals surface area contributed by atoms with Gasteiger partial charge >= 0.3 is 0 Å². The van der Waals surface area contributed by atoms with Gasteiger partial charge < -0.3 is 15.0 Å². The maximum Gasteiger partial charge on any atom is 0.251 e. The zero-order valence-electron chi connectivity index (χ0n) is 19.2. The number of likely N-dealkylation sites (tertiary alicyclic amines) is 1. The van der Waals surface area contributed by atoms with Gasteiger partial charge in [0.15, 0.2) is 0 Å². The van der Waals surface area contributed by atoms with Gasteiger partial charge in [-0.3, -0.25) is 14.6 Å². The van der Waals surface area contributed by atoms with Gasteiger partial charge in [-0.25, -0.2) is 0 Å². The van der Waals surface area contributed by atoms with Crippen molar-refractivity contribution in [3.63, 3.8) is 0 Å². The Balaban J connectivity index is 1.59. The van der Waals surface area contributed by atoms with Crippen LogP contribution in [0.15, 0.2) is 61.4 Å². The second-order valence-corrected chi connectivity index (χ2v) is 9.12. The third-order valence-corrected chi connectivity index (χ3v) is 6.70. The van der Waals surface area contributed by atoms with Crippen LogP contribution in [0.1, 0.15) is 37.7 Å². The topological polar surface area (TPSA) is 71.5 Å². The summed E-state index contributed by atoms with van der Waals surface area (Å²) < 4.78 is 5.76. The van der Waals surface area contributed by atoms with E-state index in [1.165, 1.54) is 0 Å². The lowest BCUT2D eigenvalue weighted by atomic mass is 9.73. The van der Waals surface area contributed by atoms with E-state index in [0.717, 1.165) is 48.8 Å². The van der Waals surface area contributed by atoms with Crippen molar-refractivity contribution in [2.75, 3.05) is 26.2 Å². The third-order valence-electron chi connectivity index (χ3n) is 6.70. The predicted molar refractivity (Wildman–Crippen MR) is 128 cm³/mol. The Morgan fingerprint density at radius 3 is 2.85 bits per heavy atom. The quantitative estimate of drug-likeness (QED) is 0.656. The number of ether oxygens (including phenoxy) is 1. The molecule has 2 saturated heterocycles. The molecule has 2 aliphatic heterocycles. The lowest BCUT2D eigenvalue weighted by Crippen LogP contribution is -2.56. The minimum Gasteiger partial charge on any atom is -0.368 e. The highest BCUT2D eigenvalue weighted by molar-refractivity contribution is 5.86. The normalized spacial score (nSPS) is 23.0. The van der Waals surface area contributed by atoms with E-state index in [-0.39, 0.29) is 17.9 Å². The molecule has 0 bridgehead atoms. The number of hydrogen-bond donors (Lipinski definition) is 1. The van der Waals surface area contributed by atoms with E-state index < -0.39 is 5.41 Å². The highest BCUT2D eigenvalue weighted by Crippen LogP contribution is 2.36. The molecule has 1 N–H and O–H groups in total. The second-order valence-electron chi connectivity index (χ2n) is 9.12. The summed E-state index contributed by atoms with van der Waals surface area (Å²) in [5.41, 5.74) is 2.51. The van der Waals surface area contributed by atoms with Crippen LogP contribution in [0.5, 0.6) is 0 Å². The smallest absolute Gasteiger partial charge is 0.251 e. The van der Waals surface area contributed by atoms with Crippen molar-refractivity contribution in [3.8, 4) is 11.1 Å². The number of pyridine rings is 1. The van der Waals surface area contributed by atoms with Gasteiger partial charge in [0.1, 0.15) is 6.10 Å². The number of nitrogens with zero attached hydrogens (tertiary/aromatic N) is 2. The molecular weight excluding hydrogens is 414 g/mol. The molecule has 2 amide bonds. The molecule has 6 heteroatoms. The maximum absolute atomic E-state index is 13.4. The molecule has 2 atom stereocenters. The van der Waals surface area contributed by atoms with E-state index in [4.69, 9.17) is 4.74 Å². The van der Waals surface area contributed by atoms with E-state index in [9.17, 15) is 9.59 Å². The second kappa shape index (κ2) is 10.8. The molecule has 0 spiro atoms. The van der Waals surface area contributed by atoms with E-state index in [1.807, 2.05) is 29.3 Å². The first kappa shape index (κ1) is 23.2. The Morgan fingerprint density at radius 2 is 2.09 bits per heavy atom. The number of nitrogens with one attached hydrogen (secondary N) is 1. The minimum atomic E-state index is -0.681. The molecule has 1 aromatic carbocycles. The Morgan fingerprint density at radius 1 is 1.21 bits per heavy atom. The van der Waals surface area contributed by atoms with Crippen LogP contribution in [0.3, 0.4) is 0 Å². The molecule has 1 aromatic heterocycles. The average Bonchev–Trinajstić information content (AvgIpc) is 2.88. The van der Waals surface area contributed by atoms with Gasteiger partial charge in [-0.15, -0.1) is 6.58 Å². The van der Waals surface area contributed by atoms with Gasteiger partial charge in [0.2, 0.25) is 5.91 Å². The summed E-state index contributed by atoms with van der Waals surface area (Å²) in [6.07, 6.45) is 9.80. The summed E-state index contributed by atoms with van der Waals surface area (Å²) in [4.78, 5) is 32.7. The standard InChI is InChI=1S/C27H33N3O3/c1-2-13-29-26(32)27(12-7-15-30(20-27)25(31)24-11-3-4-16-33-24)18-21-8-5-9-22(17-21)23-10-6-14-28-19-23/h2,5-6,8-10,14,17,19,24H,1,3-4,7,11-13,15-16,18,20H2,(H,29,32). The molecule has 174 valence electrons. The van der Waals surface area contributed by atoms with E-state index in [1.54, 1.807) is 12.3 Å². The summed E-state index contributed by atoms with van der Waals surface area (Å²) in [5.74, 6) is 0.00986. The van der Waals surface area contributed by atoms with Crippen LogP contribution >= 0.6 is 0 Å². The summed E-state index contributed by atoms with van der Waals surface area (Å²) in [5, 5.41) is 3.01. The van der Waals surface area contributed by atoms with E-state index in [2.05, 4.69) is 35.1 Å². The predicted octanol–water partition coefficient (Wildman–Crippen LogP) is 3.77. The van der Waals surface area contributed by atoms with Gasteiger partial charge in [0.05, 0.1) is 5.41 Å². The molecule has 33 heavy (non-hydrogen) atoms. The molecule has 0 aliphatic carbocycles. The number of carbonyl (C=O) groups excluding carboxylic acids is 2. The Kier molecular flexibility index (Phi) is 7.55. The Labute approximate surface area is 196 Å². The number of benzene rings is 1. The van der Waals surface area contributed by atoms with Crippen LogP contribution in [0.4, 0.5) is 0 Å². The number of carbonyl (C=O) groups is 2. The fraction of sp³-hybridized carbons (Fsp3) is 0.444. The van der Waals surface area contributed by atoms with Gasteiger partial charge in [0, 0.05) is 38.6 Å². The van der Waals surface area contributed by atoms with Gasteiger partial charge in [-0.1, -0.05) is 36.4 Å². The van der Waals surface area contributed by atoms with E-state index in [0.29, 0.717) is 32.7 Å². The summed E-state index contributed by atoms with van der Waals surface area (Å²) in [7, 11) is 0. The van der Waals surface area contributed by atoms with Gasteiger partial charge in [-0.05, 0) is 61.3 Å². The largest absolute Gasteiger partial charge is 0.368 e. The van der Waals surface area contributed by atoms with Crippen molar-refractivity contribution < 1.29 is 14.3 Å². The monoisotopic (exact) mass is 447 g/mol. The van der Waals surface area contributed by atoms with Crippen LogP contribution in [0, 0.1) is 5.41 Å². The zero-order chi connectivity index (χ0) is 23.1. The molecule has 4 rings (SSSR count). The Hall–Kier alpha value is -2.99. The highest BCUT2D eigenvalue weighted by Gasteiger charge is 2.44. The van der Waals surface area contributed by atoms with Crippen LogP contribution < -0.4 is 5.32 Å². The highest BCUT2D eigenvalue weighted by atomic mass is 16.5. The van der Waals surface area contributed by atoms with Crippen molar-refractivity contribution in [3.05, 3.63) is 67.0 Å². The molecule has 2 fully saturated rings. The molecule has 0 radical (unpaired) electrons. The SMILES string of the molecule is C=CCNC(=O)C1(Cc2cccc(-c3cccnc3)c2)CCCN(C(=O)C2CCCCO2)C1. The molecule has 2 aliphatic rings. The Bertz CT molecular complexity index is 972.